The Morgan fingerprint density at radius 2 is 1.67 bits per heavy atom. The maximum absolute atomic E-state index is 13.0. The van der Waals surface area contributed by atoms with E-state index in [1.807, 2.05) is 0 Å². The first-order valence-electron chi connectivity index (χ1n) is 8.80. The summed E-state index contributed by atoms with van der Waals surface area (Å²) in [5, 5.41) is 4.91. The lowest BCUT2D eigenvalue weighted by molar-refractivity contribution is -0.137. The molecule has 0 atom stereocenters. The summed E-state index contributed by atoms with van der Waals surface area (Å²) in [6, 6.07) is 15.3. The van der Waals surface area contributed by atoms with Gasteiger partial charge in [0, 0.05) is 5.69 Å². The zero-order chi connectivity index (χ0) is 21.9. The Morgan fingerprint density at radius 3 is 2.33 bits per heavy atom. The molecule has 0 spiro atoms. The van der Waals surface area contributed by atoms with Crippen LogP contribution in [0.4, 0.5) is 23.7 Å². The van der Waals surface area contributed by atoms with Crippen LogP contribution in [-0.4, -0.2) is 11.9 Å². The summed E-state index contributed by atoms with van der Waals surface area (Å²) in [7, 11) is 0. The number of hydrogen-bond donors (Lipinski definition) is 2. The largest absolute Gasteiger partial charge is 0.416 e. The van der Waals surface area contributed by atoms with Crippen molar-refractivity contribution in [3.63, 3.8) is 0 Å². The maximum atomic E-state index is 13.0. The average Bonchev–Trinajstić information content (AvgIpc) is 2.67. The van der Waals surface area contributed by atoms with E-state index in [4.69, 9.17) is 11.6 Å². The summed E-state index contributed by atoms with van der Waals surface area (Å²) in [5.41, 5.74) is 1.47. The van der Waals surface area contributed by atoms with E-state index in [0.717, 1.165) is 12.1 Å². The molecule has 0 unspecified atom stereocenters. The van der Waals surface area contributed by atoms with E-state index in [9.17, 15) is 22.8 Å². The van der Waals surface area contributed by atoms with Crippen LogP contribution < -0.4 is 10.6 Å². The van der Waals surface area contributed by atoms with E-state index >= 15 is 0 Å². The third-order valence-corrected chi connectivity index (χ3v) is 4.66. The average molecular weight is 433 g/mol. The van der Waals surface area contributed by atoms with E-state index < -0.39 is 23.7 Å². The molecule has 30 heavy (non-hydrogen) atoms. The molecule has 0 fully saturated rings. The predicted molar refractivity (Wildman–Crippen MR) is 110 cm³/mol. The quantitative estimate of drug-likeness (QED) is 0.510. The Morgan fingerprint density at radius 1 is 0.933 bits per heavy atom. The van der Waals surface area contributed by atoms with Crippen molar-refractivity contribution >= 4 is 29.2 Å². The Kier molecular flexibility index (Phi) is 6.12. The molecule has 3 amide bonds. The van der Waals surface area contributed by atoms with Crippen LogP contribution >= 0.6 is 11.6 Å². The van der Waals surface area contributed by atoms with Gasteiger partial charge in [0.25, 0.3) is 5.91 Å². The van der Waals surface area contributed by atoms with Gasteiger partial charge in [0.1, 0.15) is 0 Å². The lowest BCUT2D eigenvalue weighted by Gasteiger charge is -2.13. The first-order valence-corrected chi connectivity index (χ1v) is 9.18. The fourth-order valence-electron chi connectivity index (χ4n) is 2.91. The van der Waals surface area contributed by atoms with Crippen molar-refractivity contribution in [3.8, 4) is 11.1 Å². The van der Waals surface area contributed by atoms with E-state index in [0.29, 0.717) is 22.4 Å². The number of aryl methyl sites for hydroxylation is 1. The summed E-state index contributed by atoms with van der Waals surface area (Å²) < 4.78 is 38.9. The number of halogens is 4. The van der Waals surface area contributed by atoms with Crippen LogP contribution in [0.25, 0.3) is 11.1 Å². The Labute approximate surface area is 175 Å². The highest BCUT2D eigenvalue weighted by Crippen LogP contribution is 2.33. The lowest BCUT2D eigenvalue weighted by Crippen LogP contribution is -2.34. The molecule has 0 aliphatic carbocycles. The predicted octanol–water partition coefficient (Wildman–Crippen LogP) is 6.30. The summed E-state index contributed by atoms with van der Waals surface area (Å²) in [6.45, 7) is 1.72. The van der Waals surface area contributed by atoms with Gasteiger partial charge in [-0.1, -0.05) is 41.9 Å². The number of anilines is 1. The number of amides is 3. The molecule has 4 nitrogen and oxygen atoms in total. The molecule has 3 rings (SSSR count). The number of benzene rings is 3. The van der Waals surface area contributed by atoms with Crippen LogP contribution in [0.2, 0.25) is 5.02 Å². The van der Waals surface area contributed by atoms with Crippen molar-refractivity contribution in [2.75, 3.05) is 5.32 Å². The Balaban J connectivity index is 1.74. The molecule has 0 aliphatic rings. The summed E-state index contributed by atoms with van der Waals surface area (Å²) >= 11 is 5.94. The SMILES string of the molecule is Cc1cc(NC(=O)NC(=O)c2ccccc2Cl)ccc1-c1cccc(C(F)(F)F)c1. The topological polar surface area (TPSA) is 58.2 Å². The third-order valence-electron chi connectivity index (χ3n) is 4.33. The van der Waals surface area contributed by atoms with Crippen LogP contribution in [0.3, 0.4) is 0 Å². The Bertz CT molecular complexity index is 1110. The highest BCUT2D eigenvalue weighted by Gasteiger charge is 2.30. The maximum Gasteiger partial charge on any atom is 0.416 e. The molecular formula is C22H16ClF3N2O2. The molecule has 8 heteroatoms. The molecule has 0 bridgehead atoms. The van der Waals surface area contributed by atoms with Gasteiger partial charge in [-0.25, -0.2) is 4.79 Å². The third kappa shape index (κ3) is 4.99. The van der Waals surface area contributed by atoms with Crippen LogP contribution in [0.15, 0.2) is 66.7 Å². The standard InChI is InChI=1S/C22H16ClF3N2O2/c1-13-11-16(27-21(30)28-20(29)18-7-2-3-8-19(18)23)9-10-17(13)14-5-4-6-15(12-14)22(24,25)26/h2-12H,1H3,(H2,27,28,29,30). The molecule has 0 aliphatic heterocycles. The van der Waals surface area contributed by atoms with Gasteiger partial charge in [-0.2, -0.15) is 13.2 Å². The lowest BCUT2D eigenvalue weighted by atomic mass is 9.98. The number of imide groups is 1. The second-order valence-corrected chi connectivity index (χ2v) is 6.90. The monoisotopic (exact) mass is 432 g/mol. The number of alkyl halides is 3. The summed E-state index contributed by atoms with van der Waals surface area (Å²) in [5.74, 6) is -0.657. The van der Waals surface area contributed by atoms with Crippen molar-refractivity contribution in [1.29, 1.82) is 0 Å². The molecule has 0 heterocycles. The van der Waals surface area contributed by atoms with Crippen molar-refractivity contribution in [3.05, 3.63) is 88.4 Å². The minimum Gasteiger partial charge on any atom is -0.308 e. The smallest absolute Gasteiger partial charge is 0.308 e. The number of rotatable bonds is 3. The van der Waals surface area contributed by atoms with Crippen molar-refractivity contribution in [2.45, 2.75) is 13.1 Å². The number of hydrogen-bond acceptors (Lipinski definition) is 2. The normalized spacial score (nSPS) is 11.1. The first-order chi connectivity index (χ1) is 14.1. The van der Waals surface area contributed by atoms with E-state index in [2.05, 4.69) is 10.6 Å². The number of nitrogens with one attached hydrogen (secondary N) is 2. The summed E-state index contributed by atoms with van der Waals surface area (Å²) in [6.07, 6.45) is -4.43. The zero-order valence-electron chi connectivity index (χ0n) is 15.7. The molecule has 2 N–H and O–H groups in total. The molecule has 0 radical (unpaired) electrons. The van der Waals surface area contributed by atoms with Gasteiger partial charge in [0.05, 0.1) is 16.1 Å². The van der Waals surface area contributed by atoms with Gasteiger partial charge in [0.2, 0.25) is 0 Å². The van der Waals surface area contributed by atoms with Crippen LogP contribution in [0, 0.1) is 6.92 Å². The van der Waals surface area contributed by atoms with Gasteiger partial charge in [0.15, 0.2) is 0 Å². The Hall–Kier alpha value is -3.32. The number of carbonyl (C=O) groups is 2. The van der Waals surface area contributed by atoms with E-state index in [-0.39, 0.29) is 10.6 Å². The second-order valence-electron chi connectivity index (χ2n) is 6.50. The molecule has 0 aromatic heterocycles. The van der Waals surface area contributed by atoms with Gasteiger partial charge in [-0.3, -0.25) is 10.1 Å². The van der Waals surface area contributed by atoms with Crippen LogP contribution in [-0.2, 0) is 6.18 Å². The van der Waals surface area contributed by atoms with Crippen molar-refractivity contribution in [1.82, 2.24) is 5.32 Å². The van der Waals surface area contributed by atoms with Crippen molar-refractivity contribution < 1.29 is 22.8 Å². The van der Waals surface area contributed by atoms with E-state index in [1.165, 1.54) is 18.2 Å². The molecule has 0 saturated carbocycles. The van der Waals surface area contributed by atoms with Crippen LogP contribution in [0.1, 0.15) is 21.5 Å². The van der Waals surface area contributed by atoms with Gasteiger partial charge in [-0.05, 0) is 60.0 Å². The highest BCUT2D eigenvalue weighted by molar-refractivity contribution is 6.34. The minimum absolute atomic E-state index is 0.158. The molecular weight excluding hydrogens is 417 g/mol. The molecule has 154 valence electrons. The molecule has 3 aromatic carbocycles. The van der Waals surface area contributed by atoms with Crippen molar-refractivity contribution in [2.24, 2.45) is 0 Å². The number of carbonyl (C=O) groups excluding carboxylic acids is 2. The first kappa shape index (κ1) is 21.4. The second kappa shape index (κ2) is 8.59. The fourth-order valence-corrected chi connectivity index (χ4v) is 3.13. The number of urea groups is 1. The van der Waals surface area contributed by atoms with Gasteiger partial charge in [-0.15, -0.1) is 0 Å². The summed E-state index contributed by atoms with van der Waals surface area (Å²) in [4.78, 5) is 24.3. The van der Waals surface area contributed by atoms with Gasteiger partial charge < -0.3 is 5.32 Å². The highest BCUT2D eigenvalue weighted by atomic mass is 35.5. The van der Waals surface area contributed by atoms with Gasteiger partial charge >= 0.3 is 12.2 Å². The molecule has 0 saturated heterocycles. The minimum atomic E-state index is -4.43. The molecule has 3 aromatic rings. The van der Waals surface area contributed by atoms with Crippen LogP contribution in [0.5, 0.6) is 0 Å². The zero-order valence-corrected chi connectivity index (χ0v) is 16.4. The fraction of sp³-hybridized carbons (Fsp3) is 0.0909. The van der Waals surface area contributed by atoms with E-state index in [1.54, 1.807) is 43.3 Å².